The summed E-state index contributed by atoms with van der Waals surface area (Å²) in [5.41, 5.74) is 5.12. The number of nitrogens with zero attached hydrogens (tertiary/aromatic N) is 4. The first kappa shape index (κ1) is 22.5. The molecule has 1 fully saturated rings. The SMILES string of the molecule is C=C/C(=C\N(C)C)c1cccc(-c2ncc(/C(C=NC)=C/C)c(NCC3CCC3)n2)c1. The molecule has 5 heteroatoms. The highest BCUT2D eigenvalue weighted by Gasteiger charge is 2.19. The molecular weight excluding hydrogens is 382 g/mol. The second-order valence-electron chi connectivity index (χ2n) is 8.10. The van der Waals surface area contributed by atoms with Crippen molar-refractivity contribution in [1.29, 1.82) is 0 Å². The monoisotopic (exact) mass is 415 g/mol. The van der Waals surface area contributed by atoms with Crippen molar-refractivity contribution >= 4 is 23.2 Å². The van der Waals surface area contributed by atoms with Gasteiger partial charge < -0.3 is 10.2 Å². The van der Waals surface area contributed by atoms with E-state index < -0.39 is 0 Å². The van der Waals surface area contributed by atoms with Gasteiger partial charge >= 0.3 is 0 Å². The van der Waals surface area contributed by atoms with Crippen molar-refractivity contribution in [3.05, 3.63) is 66.5 Å². The zero-order chi connectivity index (χ0) is 22.2. The largest absolute Gasteiger partial charge is 0.383 e. The molecule has 0 aliphatic heterocycles. The van der Waals surface area contributed by atoms with Crippen molar-refractivity contribution in [3.63, 3.8) is 0 Å². The lowest BCUT2D eigenvalue weighted by Gasteiger charge is -2.26. The Morgan fingerprint density at radius 2 is 2.10 bits per heavy atom. The van der Waals surface area contributed by atoms with E-state index in [4.69, 9.17) is 9.97 Å². The first-order valence-corrected chi connectivity index (χ1v) is 10.9. The second kappa shape index (κ2) is 10.7. The summed E-state index contributed by atoms with van der Waals surface area (Å²) in [6, 6.07) is 8.29. The lowest BCUT2D eigenvalue weighted by Crippen LogP contribution is -2.22. The number of hydrogen-bond acceptors (Lipinski definition) is 5. The number of anilines is 1. The van der Waals surface area contributed by atoms with E-state index in [2.05, 4.69) is 41.3 Å². The van der Waals surface area contributed by atoms with Crippen molar-refractivity contribution in [2.75, 3.05) is 33.0 Å². The maximum absolute atomic E-state index is 4.93. The zero-order valence-corrected chi connectivity index (χ0v) is 19.1. The van der Waals surface area contributed by atoms with Gasteiger partial charge in [-0.3, -0.25) is 4.99 Å². The number of aromatic nitrogens is 2. The van der Waals surface area contributed by atoms with Crippen LogP contribution in [0.15, 0.2) is 60.4 Å². The van der Waals surface area contributed by atoms with E-state index in [-0.39, 0.29) is 0 Å². The molecule has 1 saturated carbocycles. The Hall–Kier alpha value is -3.21. The summed E-state index contributed by atoms with van der Waals surface area (Å²) in [6.45, 7) is 6.92. The average Bonchev–Trinajstić information content (AvgIpc) is 2.75. The van der Waals surface area contributed by atoms with Crippen LogP contribution < -0.4 is 5.32 Å². The minimum Gasteiger partial charge on any atom is -0.383 e. The fourth-order valence-electron chi connectivity index (χ4n) is 3.60. The highest BCUT2D eigenvalue weighted by atomic mass is 15.0. The van der Waals surface area contributed by atoms with E-state index in [0.29, 0.717) is 5.82 Å². The van der Waals surface area contributed by atoms with Gasteiger partial charge in [-0.2, -0.15) is 0 Å². The van der Waals surface area contributed by atoms with Gasteiger partial charge in [-0.15, -0.1) is 0 Å². The summed E-state index contributed by atoms with van der Waals surface area (Å²) in [6.07, 6.45) is 13.6. The van der Waals surface area contributed by atoms with Gasteiger partial charge in [0, 0.05) is 63.0 Å². The molecular formula is C26H33N5. The van der Waals surface area contributed by atoms with E-state index in [1.807, 2.05) is 56.5 Å². The van der Waals surface area contributed by atoms with Gasteiger partial charge in [-0.1, -0.05) is 43.4 Å². The Kier molecular flexibility index (Phi) is 7.76. The van der Waals surface area contributed by atoms with Gasteiger partial charge in [0.2, 0.25) is 0 Å². The average molecular weight is 416 g/mol. The van der Waals surface area contributed by atoms with Crippen molar-refractivity contribution in [1.82, 2.24) is 14.9 Å². The standard InChI is InChI=1S/C26H33N5/c1-6-20(16-27-3)24-17-29-25(30-26(24)28-15-19-10-8-11-19)23-13-9-12-22(14-23)21(7-2)18-31(4)5/h6-7,9,12-14,16-19H,2,8,10-11,15H2,1,3-5H3,(H,28,29,30)/b20-6+,21-18+,27-16?. The Labute approximate surface area is 186 Å². The smallest absolute Gasteiger partial charge is 0.161 e. The predicted molar refractivity (Wildman–Crippen MR) is 133 cm³/mol. The van der Waals surface area contributed by atoms with Crippen molar-refractivity contribution in [2.45, 2.75) is 26.2 Å². The number of rotatable bonds is 9. The first-order chi connectivity index (χ1) is 15.0. The number of hydrogen-bond donors (Lipinski definition) is 1. The Morgan fingerprint density at radius 1 is 1.29 bits per heavy atom. The summed E-state index contributed by atoms with van der Waals surface area (Å²) in [5, 5.41) is 3.59. The van der Waals surface area contributed by atoms with Crippen LogP contribution in [-0.4, -0.2) is 48.8 Å². The van der Waals surface area contributed by atoms with Gasteiger partial charge in [0.05, 0.1) is 0 Å². The fourth-order valence-corrected chi connectivity index (χ4v) is 3.60. The number of aliphatic imine (C=N–C) groups is 1. The van der Waals surface area contributed by atoms with E-state index in [0.717, 1.165) is 46.1 Å². The van der Waals surface area contributed by atoms with Crippen LogP contribution in [0, 0.1) is 5.92 Å². The molecule has 31 heavy (non-hydrogen) atoms. The molecule has 0 bridgehead atoms. The van der Waals surface area contributed by atoms with Gasteiger partial charge in [0.15, 0.2) is 5.82 Å². The maximum atomic E-state index is 4.93. The van der Waals surface area contributed by atoms with Gasteiger partial charge in [0.25, 0.3) is 0 Å². The summed E-state index contributed by atoms with van der Waals surface area (Å²) in [5.74, 6) is 2.30. The van der Waals surface area contributed by atoms with Crippen LogP contribution in [-0.2, 0) is 0 Å². The molecule has 3 rings (SSSR count). The molecule has 5 nitrogen and oxygen atoms in total. The molecule has 162 valence electrons. The van der Waals surface area contributed by atoms with Crippen molar-refractivity contribution < 1.29 is 0 Å². The van der Waals surface area contributed by atoms with Crippen LogP contribution in [0.5, 0.6) is 0 Å². The molecule has 0 saturated heterocycles. The van der Waals surface area contributed by atoms with Gasteiger partial charge in [-0.25, -0.2) is 9.97 Å². The van der Waals surface area contributed by atoms with Crippen LogP contribution >= 0.6 is 0 Å². The first-order valence-electron chi connectivity index (χ1n) is 10.9. The molecule has 2 aromatic rings. The fraction of sp³-hybridized carbons (Fsp3) is 0.346. The predicted octanol–water partition coefficient (Wildman–Crippen LogP) is 5.55. The number of benzene rings is 1. The third-order valence-corrected chi connectivity index (χ3v) is 5.53. The van der Waals surface area contributed by atoms with Crippen LogP contribution in [0.2, 0.25) is 0 Å². The van der Waals surface area contributed by atoms with E-state index in [9.17, 15) is 0 Å². The normalized spacial score (nSPS) is 15.1. The minimum atomic E-state index is 0.707. The summed E-state index contributed by atoms with van der Waals surface area (Å²) in [7, 11) is 5.80. The lowest BCUT2D eigenvalue weighted by atomic mass is 9.85. The van der Waals surface area contributed by atoms with Crippen LogP contribution in [0.25, 0.3) is 22.5 Å². The highest BCUT2D eigenvalue weighted by Crippen LogP contribution is 2.29. The minimum absolute atomic E-state index is 0.707. The van der Waals surface area contributed by atoms with Gasteiger partial charge in [-0.05, 0) is 42.9 Å². The Bertz CT molecular complexity index is 997. The summed E-state index contributed by atoms with van der Waals surface area (Å²) >= 11 is 0. The summed E-state index contributed by atoms with van der Waals surface area (Å²) < 4.78 is 0. The zero-order valence-electron chi connectivity index (χ0n) is 19.1. The second-order valence-corrected chi connectivity index (χ2v) is 8.10. The molecule has 1 aliphatic carbocycles. The van der Waals surface area contributed by atoms with Crippen molar-refractivity contribution in [2.24, 2.45) is 10.9 Å². The maximum Gasteiger partial charge on any atom is 0.161 e. The molecule has 0 amide bonds. The molecule has 0 atom stereocenters. The van der Waals surface area contributed by atoms with Crippen LogP contribution in [0.1, 0.15) is 37.3 Å². The third-order valence-electron chi connectivity index (χ3n) is 5.53. The molecule has 1 aromatic heterocycles. The van der Waals surface area contributed by atoms with Crippen LogP contribution in [0.3, 0.4) is 0 Å². The number of allylic oxidation sites excluding steroid dienone is 4. The van der Waals surface area contributed by atoms with E-state index in [1.54, 1.807) is 7.05 Å². The van der Waals surface area contributed by atoms with Gasteiger partial charge in [0.1, 0.15) is 5.82 Å². The quantitative estimate of drug-likeness (QED) is 0.431. The Morgan fingerprint density at radius 3 is 2.71 bits per heavy atom. The third kappa shape index (κ3) is 5.69. The molecule has 0 radical (unpaired) electrons. The number of nitrogens with one attached hydrogen (secondary N) is 1. The molecule has 1 N–H and O–H groups in total. The molecule has 1 heterocycles. The van der Waals surface area contributed by atoms with E-state index >= 15 is 0 Å². The molecule has 1 aromatic carbocycles. The highest BCUT2D eigenvalue weighted by molar-refractivity contribution is 6.11. The topological polar surface area (TPSA) is 53.4 Å². The summed E-state index contributed by atoms with van der Waals surface area (Å²) in [4.78, 5) is 15.8. The van der Waals surface area contributed by atoms with Crippen molar-refractivity contribution in [3.8, 4) is 11.4 Å². The molecule has 1 aliphatic rings. The molecule has 0 spiro atoms. The van der Waals surface area contributed by atoms with Crippen LogP contribution in [0.4, 0.5) is 5.82 Å². The molecule has 0 unspecified atom stereocenters. The Balaban J connectivity index is 1.99. The van der Waals surface area contributed by atoms with E-state index in [1.165, 1.54) is 19.3 Å². The lowest BCUT2D eigenvalue weighted by molar-refractivity contribution is 0.333.